The van der Waals surface area contributed by atoms with Crippen LogP contribution in [0.25, 0.3) is 5.69 Å². The molecule has 1 aromatic carbocycles. The molecule has 100 valence electrons. The lowest BCUT2D eigenvalue weighted by molar-refractivity contribution is -0.384. The SMILES string of the molecule is CC(C)NCc1cn(-c2cccc([N+](=O)[O-])c2)nn1. The Bertz CT molecular complexity index is 579. The van der Waals surface area contributed by atoms with Gasteiger partial charge in [-0.2, -0.15) is 0 Å². The number of nitrogens with one attached hydrogen (secondary N) is 1. The predicted octanol–water partition coefficient (Wildman–Crippen LogP) is 1.67. The first-order chi connectivity index (χ1) is 9.06. The summed E-state index contributed by atoms with van der Waals surface area (Å²) in [5.74, 6) is 0. The third-order valence-corrected chi connectivity index (χ3v) is 2.54. The third-order valence-electron chi connectivity index (χ3n) is 2.54. The Labute approximate surface area is 110 Å². The van der Waals surface area contributed by atoms with E-state index in [2.05, 4.69) is 15.6 Å². The Morgan fingerprint density at radius 3 is 2.95 bits per heavy atom. The molecular formula is C12H15N5O2. The molecule has 0 amide bonds. The molecule has 0 bridgehead atoms. The predicted molar refractivity (Wildman–Crippen MR) is 70.0 cm³/mol. The quantitative estimate of drug-likeness (QED) is 0.653. The van der Waals surface area contributed by atoms with Crippen LogP contribution in [0.3, 0.4) is 0 Å². The van der Waals surface area contributed by atoms with Crippen LogP contribution in [0.2, 0.25) is 0 Å². The number of benzene rings is 1. The fraction of sp³-hybridized carbons (Fsp3) is 0.333. The van der Waals surface area contributed by atoms with Crippen LogP contribution in [-0.2, 0) is 6.54 Å². The van der Waals surface area contributed by atoms with Crippen molar-refractivity contribution in [2.24, 2.45) is 0 Å². The van der Waals surface area contributed by atoms with E-state index >= 15 is 0 Å². The summed E-state index contributed by atoms with van der Waals surface area (Å²) < 4.78 is 1.53. The molecule has 0 aliphatic heterocycles. The zero-order chi connectivity index (χ0) is 13.8. The maximum absolute atomic E-state index is 10.7. The fourth-order valence-corrected chi connectivity index (χ4v) is 1.56. The highest BCUT2D eigenvalue weighted by molar-refractivity contribution is 5.42. The smallest absolute Gasteiger partial charge is 0.271 e. The maximum Gasteiger partial charge on any atom is 0.271 e. The van der Waals surface area contributed by atoms with Crippen molar-refractivity contribution in [3.05, 3.63) is 46.3 Å². The van der Waals surface area contributed by atoms with E-state index in [4.69, 9.17) is 0 Å². The Kier molecular flexibility index (Phi) is 3.86. The van der Waals surface area contributed by atoms with Gasteiger partial charge in [-0.3, -0.25) is 10.1 Å². The minimum Gasteiger partial charge on any atom is -0.309 e. The monoisotopic (exact) mass is 261 g/mol. The Morgan fingerprint density at radius 1 is 1.47 bits per heavy atom. The molecular weight excluding hydrogens is 246 g/mol. The first-order valence-electron chi connectivity index (χ1n) is 5.95. The molecule has 0 radical (unpaired) electrons. The summed E-state index contributed by atoms with van der Waals surface area (Å²) in [6.07, 6.45) is 1.76. The van der Waals surface area contributed by atoms with Crippen LogP contribution in [0, 0.1) is 10.1 Å². The Hall–Kier alpha value is -2.28. The highest BCUT2D eigenvalue weighted by Crippen LogP contribution is 2.15. The second-order valence-electron chi connectivity index (χ2n) is 4.47. The molecule has 1 N–H and O–H groups in total. The van der Waals surface area contributed by atoms with E-state index in [0.29, 0.717) is 18.3 Å². The summed E-state index contributed by atoms with van der Waals surface area (Å²) in [6.45, 7) is 4.71. The molecule has 0 saturated heterocycles. The summed E-state index contributed by atoms with van der Waals surface area (Å²) in [4.78, 5) is 10.3. The van der Waals surface area contributed by atoms with Gasteiger partial charge in [-0.25, -0.2) is 4.68 Å². The van der Waals surface area contributed by atoms with Crippen molar-refractivity contribution in [3.8, 4) is 5.69 Å². The lowest BCUT2D eigenvalue weighted by atomic mass is 10.3. The number of non-ortho nitro benzene ring substituents is 1. The Morgan fingerprint density at radius 2 is 2.26 bits per heavy atom. The maximum atomic E-state index is 10.7. The van der Waals surface area contributed by atoms with Gasteiger partial charge >= 0.3 is 0 Å². The molecule has 2 rings (SSSR count). The third kappa shape index (κ3) is 3.35. The first kappa shape index (κ1) is 13.2. The van der Waals surface area contributed by atoms with Gasteiger partial charge in [-0.15, -0.1) is 5.10 Å². The van der Waals surface area contributed by atoms with E-state index in [-0.39, 0.29) is 5.69 Å². The second-order valence-corrected chi connectivity index (χ2v) is 4.47. The zero-order valence-corrected chi connectivity index (χ0v) is 10.8. The van der Waals surface area contributed by atoms with Crippen LogP contribution in [0.15, 0.2) is 30.5 Å². The molecule has 1 aromatic heterocycles. The largest absolute Gasteiger partial charge is 0.309 e. The summed E-state index contributed by atoms with van der Waals surface area (Å²) in [5.41, 5.74) is 1.45. The van der Waals surface area contributed by atoms with Crippen molar-refractivity contribution in [2.45, 2.75) is 26.4 Å². The zero-order valence-electron chi connectivity index (χ0n) is 10.8. The molecule has 2 aromatic rings. The number of rotatable bonds is 5. The molecule has 0 unspecified atom stereocenters. The van der Waals surface area contributed by atoms with E-state index < -0.39 is 4.92 Å². The average Bonchev–Trinajstić information content (AvgIpc) is 2.85. The van der Waals surface area contributed by atoms with Gasteiger partial charge in [0.05, 0.1) is 22.5 Å². The van der Waals surface area contributed by atoms with Crippen LogP contribution in [0.4, 0.5) is 5.69 Å². The molecule has 0 aliphatic carbocycles. The van der Waals surface area contributed by atoms with Crippen LogP contribution in [-0.4, -0.2) is 26.0 Å². The molecule has 0 spiro atoms. The lowest BCUT2D eigenvalue weighted by Gasteiger charge is -2.04. The topological polar surface area (TPSA) is 85.9 Å². The number of hydrogen-bond acceptors (Lipinski definition) is 5. The summed E-state index contributed by atoms with van der Waals surface area (Å²) in [5, 5.41) is 21.9. The molecule has 1 heterocycles. The summed E-state index contributed by atoms with van der Waals surface area (Å²) in [6, 6.07) is 6.65. The van der Waals surface area contributed by atoms with Crippen LogP contribution < -0.4 is 5.32 Å². The molecule has 0 atom stereocenters. The van der Waals surface area contributed by atoms with Gasteiger partial charge in [-0.05, 0) is 6.07 Å². The van der Waals surface area contributed by atoms with Crippen molar-refractivity contribution in [3.63, 3.8) is 0 Å². The van der Waals surface area contributed by atoms with E-state index in [9.17, 15) is 10.1 Å². The highest BCUT2D eigenvalue weighted by atomic mass is 16.6. The lowest BCUT2D eigenvalue weighted by Crippen LogP contribution is -2.21. The highest BCUT2D eigenvalue weighted by Gasteiger charge is 2.08. The number of nitro benzene ring substituents is 1. The van der Waals surface area contributed by atoms with Crippen molar-refractivity contribution < 1.29 is 4.92 Å². The number of aromatic nitrogens is 3. The average molecular weight is 261 g/mol. The number of hydrogen-bond donors (Lipinski definition) is 1. The molecule has 0 fully saturated rings. The van der Waals surface area contributed by atoms with Gasteiger partial charge in [0, 0.05) is 24.7 Å². The first-order valence-corrected chi connectivity index (χ1v) is 5.95. The van der Waals surface area contributed by atoms with Crippen molar-refractivity contribution in [1.29, 1.82) is 0 Å². The summed E-state index contributed by atoms with van der Waals surface area (Å²) >= 11 is 0. The van der Waals surface area contributed by atoms with Gasteiger partial charge in [0.2, 0.25) is 0 Å². The van der Waals surface area contributed by atoms with E-state index in [0.717, 1.165) is 5.69 Å². The van der Waals surface area contributed by atoms with Crippen LogP contribution in [0.5, 0.6) is 0 Å². The molecule has 7 heteroatoms. The van der Waals surface area contributed by atoms with Crippen LogP contribution in [0.1, 0.15) is 19.5 Å². The van der Waals surface area contributed by atoms with Crippen LogP contribution >= 0.6 is 0 Å². The minimum atomic E-state index is -0.429. The van der Waals surface area contributed by atoms with Gasteiger partial charge in [-0.1, -0.05) is 25.1 Å². The number of nitrogens with zero attached hydrogens (tertiary/aromatic N) is 4. The molecule has 7 nitrogen and oxygen atoms in total. The van der Waals surface area contributed by atoms with Crippen molar-refractivity contribution in [2.75, 3.05) is 0 Å². The molecule has 0 aliphatic rings. The fourth-order valence-electron chi connectivity index (χ4n) is 1.56. The standard InChI is InChI=1S/C12H15N5O2/c1-9(2)13-7-10-8-16(15-14-10)11-4-3-5-12(6-11)17(18)19/h3-6,8-9,13H,7H2,1-2H3. The van der Waals surface area contributed by atoms with Gasteiger partial charge in [0.15, 0.2) is 0 Å². The molecule has 19 heavy (non-hydrogen) atoms. The van der Waals surface area contributed by atoms with E-state index in [1.807, 2.05) is 13.8 Å². The van der Waals surface area contributed by atoms with Gasteiger partial charge in [0.25, 0.3) is 5.69 Å². The van der Waals surface area contributed by atoms with Gasteiger partial charge in [0.1, 0.15) is 0 Å². The van der Waals surface area contributed by atoms with E-state index in [1.165, 1.54) is 16.8 Å². The number of nitro groups is 1. The van der Waals surface area contributed by atoms with Gasteiger partial charge < -0.3 is 5.32 Å². The van der Waals surface area contributed by atoms with E-state index in [1.54, 1.807) is 18.3 Å². The van der Waals surface area contributed by atoms with Crippen molar-refractivity contribution in [1.82, 2.24) is 20.3 Å². The second kappa shape index (κ2) is 5.57. The normalized spacial score (nSPS) is 10.9. The molecule has 0 saturated carbocycles. The Balaban J connectivity index is 2.18. The summed E-state index contributed by atoms with van der Waals surface area (Å²) in [7, 11) is 0. The van der Waals surface area contributed by atoms with Crippen molar-refractivity contribution >= 4 is 5.69 Å². The minimum absolute atomic E-state index is 0.0369.